The Bertz CT molecular complexity index is 805. The maximum Gasteiger partial charge on any atom is 0.243 e. The number of sulfonamides is 1. The highest BCUT2D eigenvalue weighted by Crippen LogP contribution is 2.21. The lowest BCUT2D eigenvalue weighted by Crippen LogP contribution is -2.48. The van der Waals surface area contributed by atoms with Crippen LogP contribution in [0.2, 0.25) is 0 Å². The van der Waals surface area contributed by atoms with Crippen molar-refractivity contribution >= 4 is 21.4 Å². The van der Waals surface area contributed by atoms with Gasteiger partial charge in [-0.1, -0.05) is 26.0 Å². The Morgan fingerprint density at radius 1 is 1.12 bits per heavy atom. The van der Waals surface area contributed by atoms with Crippen LogP contribution in [0.25, 0.3) is 0 Å². The SMILES string of the molecule is Cc1nc(CN2CCN(S(=O)(=O)c3ccc(C(C)C)cc3)CC2)cs1. The number of hydrogen-bond donors (Lipinski definition) is 0. The fourth-order valence-electron chi connectivity index (χ4n) is 3.01. The van der Waals surface area contributed by atoms with Crippen LogP contribution in [0.1, 0.15) is 36.0 Å². The zero-order valence-electron chi connectivity index (χ0n) is 15.0. The van der Waals surface area contributed by atoms with Crippen molar-refractivity contribution in [1.82, 2.24) is 14.2 Å². The van der Waals surface area contributed by atoms with E-state index in [-0.39, 0.29) is 0 Å². The van der Waals surface area contributed by atoms with Crippen LogP contribution in [0, 0.1) is 6.92 Å². The Morgan fingerprint density at radius 2 is 1.76 bits per heavy atom. The minimum atomic E-state index is -3.40. The number of piperazine rings is 1. The molecule has 0 aliphatic carbocycles. The summed E-state index contributed by atoms with van der Waals surface area (Å²) in [7, 11) is -3.40. The molecular formula is C18H25N3O2S2. The molecular weight excluding hydrogens is 354 g/mol. The van der Waals surface area contributed by atoms with Crippen molar-refractivity contribution in [2.45, 2.75) is 38.1 Å². The van der Waals surface area contributed by atoms with Gasteiger partial charge in [-0.05, 0) is 30.5 Å². The number of rotatable bonds is 5. The Kier molecular flexibility index (Phi) is 5.58. The first-order valence-corrected chi connectivity index (χ1v) is 10.9. The summed E-state index contributed by atoms with van der Waals surface area (Å²) in [5.41, 5.74) is 2.23. The van der Waals surface area contributed by atoms with Crippen LogP contribution in [-0.4, -0.2) is 48.8 Å². The van der Waals surface area contributed by atoms with Crippen molar-refractivity contribution in [3.63, 3.8) is 0 Å². The molecule has 5 nitrogen and oxygen atoms in total. The summed E-state index contributed by atoms with van der Waals surface area (Å²) in [6.07, 6.45) is 0. The molecule has 1 aromatic heterocycles. The van der Waals surface area contributed by atoms with Gasteiger partial charge in [-0.15, -0.1) is 11.3 Å². The molecule has 0 N–H and O–H groups in total. The molecule has 0 atom stereocenters. The van der Waals surface area contributed by atoms with Crippen molar-refractivity contribution in [3.05, 3.63) is 45.9 Å². The average molecular weight is 380 g/mol. The zero-order valence-corrected chi connectivity index (χ0v) is 16.6. The Hall–Kier alpha value is -1.28. The molecule has 1 fully saturated rings. The van der Waals surface area contributed by atoms with E-state index in [2.05, 4.69) is 29.1 Å². The summed E-state index contributed by atoms with van der Waals surface area (Å²) < 4.78 is 27.3. The lowest BCUT2D eigenvalue weighted by Gasteiger charge is -2.33. The fourth-order valence-corrected chi connectivity index (χ4v) is 5.04. The van der Waals surface area contributed by atoms with E-state index < -0.39 is 10.0 Å². The van der Waals surface area contributed by atoms with E-state index in [1.165, 1.54) is 0 Å². The summed E-state index contributed by atoms with van der Waals surface area (Å²) in [6.45, 7) is 9.53. The van der Waals surface area contributed by atoms with Gasteiger partial charge in [0.1, 0.15) is 0 Å². The van der Waals surface area contributed by atoms with Crippen LogP contribution in [0.4, 0.5) is 0 Å². The van der Waals surface area contributed by atoms with Crippen molar-refractivity contribution in [2.75, 3.05) is 26.2 Å². The smallest absolute Gasteiger partial charge is 0.243 e. The largest absolute Gasteiger partial charge is 0.295 e. The number of aryl methyl sites for hydroxylation is 1. The molecule has 1 aliphatic rings. The topological polar surface area (TPSA) is 53.5 Å². The second-order valence-corrected chi connectivity index (χ2v) is 9.76. The molecule has 0 amide bonds. The minimum absolute atomic E-state index is 0.389. The van der Waals surface area contributed by atoms with Gasteiger partial charge in [0.25, 0.3) is 0 Å². The van der Waals surface area contributed by atoms with E-state index in [1.807, 2.05) is 19.1 Å². The summed E-state index contributed by atoms with van der Waals surface area (Å²) in [5.74, 6) is 0.398. The van der Waals surface area contributed by atoms with Crippen LogP contribution in [0.5, 0.6) is 0 Å². The fraction of sp³-hybridized carbons (Fsp3) is 0.500. The molecule has 3 rings (SSSR count). The molecule has 1 aliphatic heterocycles. The van der Waals surface area contributed by atoms with E-state index in [9.17, 15) is 8.42 Å². The summed E-state index contributed by atoms with van der Waals surface area (Å²) in [5, 5.41) is 3.15. The third kappa shape index (κ3) is 4.28. The van der Waals surface area contributed by atoms with Crippen molar-refractivity contribution in [3.8, 4) is 0 Å². The highest BCUT2D eigenvalue weighted by Gasteiger charge is 2.28. The van der Waals surface area contributed by atoms with Crippen LogP contribution >= 0.6 is 11.3 Å². The summed E-state index contributed by atoms with van der Waals surface area (Å²) in [6, 6.07) is 7.29. The maximum absolute atomic E-state index is 12.8. The molecule has 25 heavy (non-hydrogen) atoms. The third-order valence-corrected chi connectivity index (χ3v) is 7.30. The second-order valence-electron chi connectivity index (χ2n) is 6.76. The van der Waals surface area contributed by atoms with Gasteiger partial charge in [0.2, 0.25) is 10.0 Å². The monoisotopic (exact) mass is 379 g/mol. The molecule has 1 saturated heterocycles. The average Bonchev–Trinajstić information content (AvgIpc) is 3.00. The number of benzene rings is 1. The predicted molar refractivity (Wildman–Crippen MR) is 101 cm³/mol. The molecule has 1 aromatic carbocycles. The first kappa shape index (κ1) is 18.5. The van der Waals surface area contributed by atoms with Crippen LogP contribution < -0.4 is 0 Å². The predicted octanol–water partition coefficient (Wildman–Crippen LogP) is 3.08. The van der Waals surface area contributed by atoms with Gasteiger partial charge in [-0.2, -0.15) is 4.31 Å². The zero-order chi connectivity index (χ0) is 18.0. The highest BCUT2D eigenvalue weighted by molar-refractivity contribution is 7.89. The molecule has 7 heteroatoms. The van der Waals surface area contributed by atoms with Crippen molar-refractivity contribution < 1.29 is 8.42 Å². The molecule has 2 heterocycles. The van der Waals surface area contributed by atoms with Gasteiger partial charge in [0.15, 0.2) is 0 Å². The third-order valence-electron chi connectivity index (χ3n) is 4.57. The second kappa shape index (κ2) is 7.53. The highest BCUT2D eigenvalue weighted by atomic mass is 32.2. The Balaban J connectivity index is 1.62. The molecule has 0 bridgehead atoms. The van der Waals surface area contributed by atoms with Crippen molar-refractivity contribution in [1.29, 1.82) is 0 Å². The lowest BCUT2D eigenvalue weighted by molar-refractivity contribution is 0.180. The van der Waals surface area contributed by atoms with Gasteiger partial charge >= 0.3 is 0 Å². The minimum Gasteiger partial charge on any atom is -0.295 e. The molecule has 0 unspecified atom stereocenters. The molecule has 0 spiro atoms. The summed E-state index contributed by atoms with van der Waals surface area (Å²) in [4.78, 5) is 7.14. The van der Waals surface area contributed by atoms with Gasteiger partial charge < -0.3 is 0 Å². The van der Waals surface area contributed by atoms with Gasteiger partial charge in [-0.25, -0.2) is 13.4 Å². The van der Waals surface area contributed by atoms with Crippen molar-refractivity contribution in [2.24, 2.45) is 0 Å². The van der Waals surface area contributed by atoms with E-state index in [0.717, 1.165) is 35.9 Å². The Morgan fingerprint density at radius 3 is 2.28 bits per heavy atom. The molecule has 2 aromatic rings. The van der Waals surface area contributed by atoms with Crippen LogP contribution in [-0.2, 0) is 16.6 Å². The van der Waals surface area contributed by atoms with Crippen LogP contribution in [0.3, 0.4) is 0 Å². The number of thiazole rings is 1. The van der Waals surface area contributed by atoms with Gasteiger partial charge in [0, 0.05) is 38.1 Å². The molecule has 136 valence electrons. The lowest BCUT2D eigenvalue weighted by atomic mass is 10.0. The van der Waals surface area contributed by atoms with E-state index in [1.54, 1.807) is 27.8 Å². The Labute approximate surface area is 154 Å². The molecule has 0 radical (unpaired) electrons. The normalized spacial score (nSPS) is 17.3. The van der Waals surface area contributed by atoms with E-state index in [4.69, 9.17) is 0 Å². The van der Waals surface area contributed by atoms with E-state index in [0.29, 0.717) is 23.9 Å². The first-order valence-electron chi connectivity index (χ1n) is 8.60. The standard InChI is InChI=1S/C18H25N3O2S2/c1-14(2)16-4-6-18(7-5-16)25(22,23)21-10-8-20(9-11-21)12-17-13-24-15(3)19-17/h4-7,13-14H,8-12H2,1-3H3. The summed E-state index contributed by atoms with van der Waals surface area (Å²) >= 11 is 1.65. The number of aromatic nitrogens is 1. The maximum atomic E-state index is 12.8. The van der Waals surface area contributed by atoms with Crippen LogP contribution in [0.15, 0.2) is 34.5 Å². The quantitative estimate of drug-likeness (QED) is 0.801. The van der Waals surface area contributed by atoms with Gasteiger partial charge in [-0.3, -0.25) is 4.90 Å². The van der Waals surface area contributed by atoms with Gasteiger partial charge in [0.05, 0.1) is 15.6 Å². The molecule has 0 saturated carbocycles. The number of hydrogen-bond acceptors (Lipinski definition) is 5. The number of nitrogens with zero attached hydrogens (tertiary/aromatic N) is 3. The first-order chi connectivity index (χ1) is 11.9. The van der Waals surface area contributed by atoms with E-state index >= 15 is 0 Å².